The Labute approximate surface area is 194 Å². The quantitative estimate of drug-likeness (QED) is 0.408. The number of pyridine rings is 1. The molecule has 0 bridgehead atoms. The van der Waals surface area contributed by atoms with E-state index < -0.39 is 0 Å². The highest BCUT2D eigenvalue weighted by Gasteiger charge is 2.42. The Kier molecular flexibility index (Phi) is 5.06. The average Bonchev–Trinajstić information content (AvgIpc) is 3.29. The van der Waals surface area contributed by atoms with Crippen LogP contribution in [0.5, 0.6) is 5.75 Å². The molecule has 1 unspecified atom stereocenters. The number of hydrogen-bond acceptors (Lipinski definition) is 4. The zero-order valence-corrected chi connectivity index (χ0v) is 19.2. The van der Waals surface area contributed by atoms with Gasteiger partial charge in [0.05, 0.1) is 6.04 Å². The minimum atomic E-state index is -0.348. The van der Waals surface area contributed by atoms with E-state index >= 15 is 0 Å². The van der Waals surface area contributed by atoms with Crippen LogP contribution in [-0.2, 0) is 6.54 Å². The van der Waals surface area contributed by atoms with Gasteiger partial charge in [-0.2, -0.15) is 5.10 Å². The van der Waals surface area contributed by atoms with Gasteiger partial charge in [-0.05, 0) is 60.4 Å². The van der Waals surface area contributed by atoms with Crippen LogP contribution >= 0.6 is 15.9 Å². The van der Waals surface area contributed by atoms with Crippen molar-refractivity contribution in [3.63, 3.8) is 0 Å². The Morgan fingerprint density at radius 1 is 1.16 bits per heavy atom. The van der Waals surface area contributed by atoms with Crippen LogP contribution in [0.1, 0.15) is 44.3 Å². The zero-order valence-electron chi connectivity index (χ0n) is 17.6. The lowest BCUT2D eigenvalue weighted by Gasteiger charge is -2.26. The molecule has 4 aromatic rings. The summed E-state index contributed by atoms with van der Waals surface area (Å²) < 4.78 is 0.962. The van der Waals surface area contributed by atoms with Crippen molar-refractivity contribution in [2.75, 3.05) is 0 Å². The van der Waals surface area contributed by atoms with E-state index in [1.807, 2.05) is 61.2 Å². The fraction of sp³-hybridized carbons (Fsp3) is 0.160. The van der Waals surface area contributed by atoms with Gasteiger partial charge in [0.1, 0.15) is 17.1 Å². The molecule has 1 amide bonds. The molecule has 32 heavy (non-hydrogen) atoms. The molecule has 0 fully saturated rings. The van der Waals surface area contributed by atoms with Crippen LogP contribution in [0.2, 0.25) is 0 Å². The van der Waals surface area contributed by atoms with E-state index in [-0.39, 0.29) is 17.7 Å². The monoisotopic (exact) mass is 488 g/mol. The first kappa shape index (κ1) is 20.5. The van der Waals surface area contributed by atoms with E-state index in [1.54, 1.807) is 18.5 Å². The molecule has 2 aromatic carbocycles. The first-order chi connectivity index (χ1) is 15.4. The lowest BCUT2D eigenvalue weighted by atomic mass is 9.93. The van der Waals surface area contributed by atoms with Crippen molar-refractivity contribution in [3.05, 3.63) is 98.9 Å². The summed E-state index contributed by atoms with van der Waals surface area (Å²) in [5, 5.41) is 18.2. The molecule has 0 spiro atoms. The molecule has 7 heteroatoms. The molecular weight excluding hydrogens is 468 g/mol. The molecular formula is C25H21BrN4O2. The van der Waals surface area contributed by atoms with Crippen molar-refractivity contribution in [2.24, 2.45) is 0 Å². The average molecular weight is 489 g/mol. The minimum absolute atomic E-state index is 0.125. The van der Waals surface area contributed by atoms with Crippen molar-refractivity contribution in [3.8, 4) is 17.0 Å². The number of hydrogen-bond donors (Lipinski definition) is 2. The SMILES string of the molecule is Cc1cc(C)c(-c2n[nH]c3c2C(c2ccc(Br)cc2)N(Cc2cccnc2)C3=O)c(O)c1. The van der Waals surface area contributed by atoms with Crippen LogP contribution < -0.4 is 0 Å². The number of rotatable bonds is 4. The maximum Gasteiger partial charge on any atom is 0.273 e. The number of nitrogens with zero attached hydrogens (tertiary/aromatic N) is 3. The molecule has 0 aliphatic carbocycles. The summed E-state index contributed by atoms with van der Waals surface area (Å²) in [5.74, 6) is 0.0318. The highest BCUT2D eigenvalue weighted by molar-refractivity contribution is 9.10. The van der Waals surface area contributed by atoms with Gasteiger partial charge in [-0.3, -0.25) is 14.9 Å². The number of phenols is 1. The first-order valence-corrected chi connectivity index (χ1v) is 11.1. The second-order valence-corrected chi connectivity index (χ2v) is 9.00. The van der Waals surface area contributed by atoms with Crippen LogP contribution in [0.4, 0.5) is 0 Å². The number of nitrogens with one attached hydrogen (secondary N) is 1. The molecule has 3 heterocycles. The predicted molar refractivity (Wildman–Crippen MR) is 125 cm³/mol. The van der Waals surface area contributed by atoms with E-state index in [0.29, 0.717) is 23.5 Å². The standard InChI is InChI=1S/C25H21BrN4O2/c1-14-10-15(2)20(19(31)11-14)22-21-23(29-28-22)25(32)30(13-16-4-3-9-27-12-16)24(21)17-5-7-18(26)8-6-17/h3-12,24,31H,13H2,1-2H3,(H,28,29). The third kappa shape index (κ3) is 3.39. The Morgan fingerprint density at radius 2 is 1.94 bits per heavy atom. The molecule has 0 radical (unpaired) electrons. The lowest BCUT2D eigenvalue weighted by molar-refractivity contribution is 0.0730. The van der Waals surface area contributed by atoms with Gasteiger partial charge in [-0.15, -0.1) is 0 Å². The number of aromatic hydroxyl groups is 1. The number of aryl methyl sites for hydroxylation is 2. The molecule has 2 N–H and O–H groups in total. The zero-order chi connectivity index (χ0) is 22.4. The summed E-state index contributed by atoms with van der Waals surface area (Å²) in [5.41, 5.74) is 6.27. The third-order valence-corrected chi connectivity index (χ3v) is 6.35. The Balaban J connectivity index is 1.69. The van der Waals surface area contributed by atoms with Gasteiger partial charge < -0.3 is 10.0 Å². The fourth-order valence-electron chi connectivity index (χ4n) is 4.48. The van der Waals surface area contributed by atoms with Crippen LogP contribution in [0.15, 0.2) is 65.4 Å². The maximum atomic E-state index is 13.5. The van der Waals surface area contributed by atoms with Gasteiger partial charge in [0.25, 0.3) is 5.91 Å². The van der Waals surface area contributed by atoms with E-state index in [2.05, 4.69) is 31.1 Å². The second-order valence-electron chi connectivity index (χ2n) is 8.09. The van der Waals surface area contributed by atoms with E-state index in [0.717, 1.165) is 32.3 Å². The summed E-state index contributed by atoms with van der Waals surface area (Å²) in [6, 6.07) is 15.2. The molecule has 0 saturated carbocycles. The Morgan fingerprint density at radius 3 is 2.62 bits per heavy atom. The number of aromatic nitrogens is 3. The molecule has 1 atom stereocenters. The normalized spacial score (nSPS) is 15.3. The number of phenolic OH excluding ortho intramolecular Hbond substituents is 1. The number of fused-ring (bicyclic) bond motifs is 1. The summed E-state index contributed by atoms with van der Waals surface area (Å²) >= 11 is 3.50. The van der Waals surface area contributed by atoms with Crippen LogP contribution in [0.25, 0.3) is 11.3 Å². The summed E-state index contributed by atoms with van der Waals surface area (Å²) in [7, 11) is 0. The number of carbonyl (C=O) groups is 1. The van der Waals surface area contributed by atoms with E-state index in [1.165, 1.54) is 0 Å². The molecule has 1 aliphatic rings. The second kappa shape index (κ2) is 7.91. The molecule has 0 saturated heterocycles. The molecule has 5 rings (SSSR count). The van der Waals surface area contributed by atoms with Crippen molar-refractivity contribution >= 4 is 21.8 Å². The first-order valence-electron chi connectivity index (χ1n) is 10.3. The summed E-state index contributed by atoms with van der Waals surface area (Å²) in [6.07, 6.45) is 3.49. The lowest BCUT2D eigenvalue weighted by Crippen LogP contribution is -2.29. The molecule has 6 nitrogen and oxygen atoms in total. The smallest absolute Gasteiger partial charge is 0.273 e. The Bertz CT molecular complexity index is 1290. The van der Waals surface area contributed by atoms with Gasteiger partial charge in [-0.1, -0.05) is 40.2 Å². The van der Waals surface area contributed by atoms with Gasteiger partial charge in [-0.25, -0.2) is 0 Å². The van der Waals surface area contributed by atoms with Crippen molar-refractivity contribution in [2.45, 2.75) is 26.4 Å². The third-order valence-electron chi connectivity index (χ3n) is 5.82. The number of amides is 1. The number of carbonyl (C=O) groups excluding carboxylic acids is 1. The molecule has 1 aliphatic heterocycles. The fourth-order valence-corrected chi connectivity index (χ4v) is 4.75. The van der Waals surface area contributed by atoms with Gasteiger partial charge in [0.15, 0.2) is 0 Å². The maximum absolute atomic E-state index is 13.5. The van der Waals surface area contributed by atoms with Gasteiger partial charge >= 0.3 is 0 Å². The summed E-state index contributed by atoms with van der Waals surface area (Å²) in [4.78, 5) is 19.5. The number of H-pyrrole nitrogens is 1. The highest BCUT2D eigenvalue weighted by atomic mass is 79.9. The van der Waals surface area contributed by atoms with Crippen molar-refractivity contribution in [1.29, 1.82) is 0 Å². The van der Waals surface area contributed by atoms with Crippen LogP contribution in [-0.4, -0.2) is 31.1 Å². The van der Waals surface area contributed by atoms with Crippen LogP contribution in [0.3, 0.4) is 0 Å². The predicted octanol–water partition coefficient (Wildman–Crippen LogP) is 5.30. The topological polar surface area (TPSA) is 82.1 Å². The van der Waals surface area contributed by atoms with Gasteiger partial charge in [0.2, 0.25) is 0 Å². The van der Waals surface area contributed by atoms with Crippen molar-refractivity contribution in [1.82, 2.24) is 20.1 Å². The van der Waals surface area contributed by atoms with E-state index in [4.69, 9.17) is 0 Å². The van der Waals surface area contributed by atoms with Gasteiger partial charge in [0, 0.05) is 34.5 Å². The minimum Gasteiger partial charge on any atom is -0.507 e. The molecule has 2 aromatic heterocycles. The number of halogens is 1. The number of benzene rings is 2. The van der Waals surface area contributed by atoms with Crippen LogP contribution in [0, 0.1) is 13.8 Å². The Hall–Kier alpha value is -3.45. The largest absolute Gasteiger partial charge is 0.507 e. The molecule has 160 valence electrons. The highest BCUT2D eigenvalue weighted by Crippen LogP contribution is 2.46. The number of aromatic amines is 1. The van der Waals surface area contributed by atoms with E-state index in [9.17, 15) is 9.90 Å². The van der Waals surface area contributed by atoms with Crippen molar-refractivity contribution < 1.29 is 9.90 Å². The summed E-state index contributed by atoms with van der Waals surface area (Å²) in [6.45, 7) is 4.30.